The number of carbonyl (C=O) groups is 1. The Morgan fingerprint density at radius 1 is 1.26 bits per heavy atom. The number of amides is 1. The summed E-state index contributed by atoms with van der Waals surface area (Å²) in [7, 11) is 4.20. The maximum absolute atomic E-state index is 11.0. The second-order valence-electron chi connectivity index (χ2n) is 5.43. The topological polar surface area (TPSA) is 43.8 Å². The normalized spacial score (nSPS) is 18.6. The minimum atomic E-state index is -0.792. The average Bonchev–Trinajstić information content (AvgIpc) is 2.40. The second-order valence-corrected chi connectivity index (χ2v) is 5.43. The fraction of sp³-hybridized carbons (Fsp3) is 0.533. The first-order valence-corrected chi connectivity index (χ1v) is 6.79. The molecule has 4 nitrogen and oxygen atoms in total. The molecule has 1 atom stereocenters. The molecule has 1 aromatic rings. The van der Waals surface area contributed by atoms with E-state index >= 15 is 0 Å². The van der Waals surface area contributed by atoms with Gasteiger partial charge in [-0.25, -0.2) is 4.79 Å². The minimum absolute atomic E-state index is 0.372. The Morgan fingerprint density at radius 2 is 1.84 bits per heavy atom. The molecule has 1 unspecified atom stereocenters. The zero-order valence-electron chi connectivity index (χ0n) is 11.6. The van der Waals surface area contributed by atoms with Gasteiger partial charge in [0.15, 0.2) is 0 Å². The molecule has 2 rings (SSSR count). The van der Waals surface area contributed by atoms with Crippen molar-refractivity contribution in [3.8, 4) is 0 Å². The van der Waals surface area contributed by atoms with E-state index in [-0.39, 0.29) is 0 Å². The van der Waals surface area contributed by atoms with Crippen molar-refractivity contribution in [3.63, 3.8) is 0 Å². The summed E-state index contributed by atoms with van der Waals surface area (Å²) in [5.41, 5.74) is 1.32. The van der Waals surface area contributed by atoms with Crippen molar-refractivity contribution in [3.05, 3.63) is 35.9 Å². The van der Waals surface area contributed by atoms with Gasteiger partial charge in [-0.1, -0.05) is 30.3 Å². The van der Waals surface area contributed by atoms with E-state index < -0.39 is 6.09 Å². The van der Waals surface area contributed by atoms with Gasteiger partial charge in [-0.2, -0.15) is 0 Å². The molecular weight excluding hydrogens is 240 g/mol. The molecular formula is C15H22N2O2. The molecule has 0 spiro atoms. The van der Waals surface area contributed by atoms with Crippen LogP contribution in [0.1, 0.15) is 24.4 Å². The van der Waals surface area contributed by atoms with Crippen molar-refractivity contribution in [2.24, 2.45) is 5.92 Å². The van der Waals surface area contributed by atoms with Gasteiger partial charge in [0.2, 0.25) is 0 Å². The van der Waals surface area contributed by atoms with Gasteiger partial charge in [0, 0.05) is 19.1 Å². The molecule has 19 heavy (non-hydrogen) atoms. The molecule has 1 heterocycles. The number of likely N-dealkylation sites (tertiary alicyclic amines) is 1. The number of carboxylic acid groups (broad SMARTS) is 1. The quantitative estimate of drug-likeness (QED) is 0.910. The second kappa shape index (κ2) is 6.06. The minimum Gasteiger partial charge on any atom is -0.465 e. The van der Waals surface area contributed by atoms with Crippen LogP contribution in [0.25, 0.3) is 0 Å². The highest BCUT2D eigenvalue weighted by molar-refractivity contribution is 5.65. The van der Waals surface area contributed by atoms with Crippen molar-refractivity contribution in [1.29, 1.82) is 0 Å². The molecule has 104 valence electrons. The molecule has 1 aromatic carbocycles. The molecule has 1 fully saturated rings. The number of hydrogen-bond acceptors (Lipinski definition) is 2. The van der Waals surface area contributed by atoms with Crippen LogP contribution in [0.15, 0.2) is 30.3 Å². The monoisotopic (exact) mass is 262 g/mol. The summed E-state index contributed by atoms with van der Waals surface area (Å²) in [6.07, 6.45) is 1.08. The Labute approximate surface area is 114 Å². The van der Waals surface area contributed by atoms with Crippen LogP contribution < -0.4 is 0 Å². The number of piperidine rings is 1. The van der Waals surface area contributed by atoms with Crippen LogP contribution >= 0.6 is 0 Å². The van der Waals surface area contributed by atoms with Crippen LogP contribution in [0.3, 0.4) is 0 Å². The zero-order valence-corrected chi connectivity index (χ0v) is 11.6. The van der Waals surface area contributed by atoms with Crippen molar-refractivity contribution in [2.75, 3.05) is 27.2 Å². The van der Waals surface area contributed by atoms with E-state index in [0.29, 0.717) is 25.0 Å². The molecule has 1 aliphatic heterocycles. The number of benzene rings is 1. The van der Waals surface area contributed by atoms with Gasteiger partial charge in [0.05, 0.1) is 0 Å². The van der Waals surface area contributed by atoms with Crippen LogP contribution in [0.2, 0.25) is 0 Å². The molecule has 0 saturated carbocycles. The van der Waals surface area contributed by atoms with Crippen molar-refractivity contribution in [2.45, 2.75) is 18.9 Å². The first-order chi connectivity index (χ1) is 9.09. The Morgan fingerprint density at radius 3 is 2.32 bits per heavy atom. The van der Waals surface area contributed by atoms with E-state index in [0.717, 1.165) is 12.8 Å². The third kappa shape index (κ3) is 3.26. The van der Waals surface area contributed by atoms with Crippen LogP contribution in [-0.2, 0) is 0 Å². The highest BCUT2D eigenvalue weighted by atomic mass is 16.4. The molecule has 0 aliphatic carbocycles. The van der Waals surface area contributed by atoms with Gasteiger partial charge < -0.3 is 14.9 Å². The van der Waals surface area contributed by atoms with Gasteiger partial charge >= 0.3 is 6.09 Å². The summed E-state index contributed by atoms with van der Waals surface area (Å²) in [4.78, 5) is 14.7. The molecule has 1 aliphatic rings. The summed E-state index contributed by atoms with van der Waals surface area (Å²) in [6, 6.07) is 10.9. The SMILES string of the molecule is CN(C)C(c1ccccc1)C1CCN(C(=O)O)CC1. The summed E-state index contributed by atoms with van der Waals surface area (Å²) in [5.74, 6) is 0.521. The van der Waals surface area contributed by atoms with Gasteiger partial charge in [-0.05, 0) is 38.4 Å². The van der Waals surface area contributed by atoms with Crippen molar-refractivity contribution in [1.82, 2.24) is 9.80 Å². The van der Waals surface area contributed by atoms with Crippen LogP contribution in [0, 0.1) is 5.92 Å². The Bertz CT molecular complexity index is 411. The third-order valence-corrected chi connectivity index (χ3v) is 3.95. The molecule has 0 aromatic heterocycles. The van der Waals surface area contributed by atoms with Crippen LogP contribution in [-0.4, -0.2) is 48.2 Å². The smallest absolute Gasteiger partial charge is 0.407 e. The summed E-state index contributed by atoms with van der Waals surface area (Å²) in [6.45, 7) is 1.30. The van der Waals surface area contributed by atoms with Gasteiger partial charge in [-0.15, -0.1) is 0 Å². The third-order valence-electron chi connectivity index (χ3n) is 3.95. The van der Waals surface area contributed by atoms with E-state index in [9.17, 15) is 4.79 Å². The molecule has 0 bridgehead atoms. The van der Waals surface area contributed by atoms with E-state index in [1.807, 2.05) is 6.07 Å². The Hall–Kier alpha value is -1.55. The number of nitrogens with zero attached hydrogens (tertiary/aromatic N) is 2. The fourth-order valence-electron chi connectivity index (χ4n) is 3.05. The lowest BCUT2D eigenvalue weighted by Gasteiger charge is -2.38. The Balaban J connectivity index is 2.08. The van der Waals surface area contributed by atoms with Gasteiger partial charge in [0.25, 0.3) is 0 Å². The lowest BCUT2D eigenvalue weighted by atomic mass is 9.85. The van der Waals surface area contributed by atoms with E-state index in [2.05, 4.69) is 43.3 Å². The largest absolute Gasteiger partial charge is 0.465 e. The predicted molar refractivity (Wildman–Crippen MR) is 75.2 cm³/mol. The van der Waals surface area contributed by atoms with Gasteiger partial charge in [0.1, 0.15) is 0 Å². The van der Waals surface area contributed by atoms with E-state index in [1.54, 1.807) is 0 Å². The van der Waals surface area contributed by atoms with E-state index in [1.165, 1.54) is 10.5 Å². The fourth-order valence-corrected chi connectivity index (χ4v) is 3.05. The molecule has 1 saturated heterocycles. The highest BCUT2D eigenvalue weighted by Crippen LogP contribution is 2.34. The predicted octanol–water partition coefficient (Wildman–Crippen LogP) is 2.68. The first-order valence-electron chi connectivity index (χ1n) is 6.79. The summed E-state index contributed by atoms with van der Waals surface area (Å²) < 4.78 is 0. The molecule has 4 heteroatoms. The standard InChI is InChI=1S/C15H22N2O2/c1-16(2)14(12-6-4-3-5-7-12)13-8-10-17(11-9-13)15(18)19/h3-7,13-14H,8-11H2,1-2H3,(H,18,19). The lowest BCUT2D eigenvalue weighted by Crippen LogP contribution is -2.41. The summed E-state index contributed by atoms with van der Waals surface area (Å²) >= 11 is 0. The zero-order chi connectivity index (χ0) is 13.8. The lowest BCUT2D eigenvalue weighted by molar-refractivity contribution is 0.0996. The van der Waals surface area contributed by atoms with E-state index in [4.69, 9.17) is 5.11 Å². The van der Waals surface area contributed by atoms with Crippen LogP contribution in [0.5, 0.6) is 0 Å². The maximum Gasteiger partial charge on any atom is 0.407 e. The molecule has 1 N–H and O–H groups in total. The number of rotatable bonds is 3. The highest BCUT2D eigenvalue weighted by Gasteiger charge is 2.30. The number of hydrogen-bond donors (Lipinski definition) is 1. The summed E-state index contributed by atoms with van der Waals surface area (Å²) in [5, 5.41) is 9.00. The average molecular weight is 262 g/mol. The maximum atomic E-state index is 11.0. The molecule has 1 amide bonds. The Kier molecular flexibility index (Phi) is 4.43. The van der Waals surface area contributed by atoms with Crippen molar-refractivity contribution < 1.29 is 9.90 Å². The first kappa shape index (κ1) is 13.9. The van der Waals surface area contributed by atoms with Crippen LogP contribution in [0.4, 0.5) is 4.79 Å². The van der Waals surface area contributed by atoms with Gasteiger partial charge in [-0.3, -0.25) is 0 Å². The van der Waals surface area contributed by atoms with Crippen molar-refractivity contribution >= 4 is 6.09 Å². The molecule has 0 radical (unpaired) electrons.